The van der Waals surface area contributed by atoms with Crippen LogP contribution in [0.5, 0.6) is 11.5 Å². The van der Waals surface area contributed by atoms with Crippen molar-refractivity contribution in [1.29, 1.82) is 0 Å². The van der Waals surface area contributed by atoms with E-state index in [-0.39, 0.29) is 41.4 Å². The Hall–Kier alpha value is -5.06. The van der Waals surface area contributed by atoms with Crippen molar-refractivity contribution in [3.8, 4) is 11.5 Å². The summed E-state index contributed by atoms with van der Waals surface area (Å²) < 4.78 is 10.7. The van der Waals surface area contributed by atoms with E-state index in [1.807, 2.05) is 0 Å². The van der Waals surface area contributed by atoms with E-state index >= 15 is 0 Å². The third-order valence-corrected chi connectivity index (χ3v) is 6.54. The zero-order chi connectivity index (χ0) is 27.1. The van der Waals surface area contributed by atoms with Gasteiger partial charge >= 0.3 is 5.97 Å². The van der Waals surface area contributed by atoms with Gasteiger partial charge in [0, 0.05) is 30.8 Å². The second kappa shape index (κ2) is 9.43. The third kappa shape index (κ3) is 4.13. The molecule has 5 rings (SSSR count). The molecule has 3 amide bonds. The molecule has 0 radical (unpaired) electrons. The summed E-state index contributed by atoms with van der Waals surface area (Å²) in [7, 11) is 1.52. The van der Waals surface area contributed by atoms with Crippen molar-refractivity contribution in [3.05, 3.63) is 87.5 Å². The van der Waals surface area contributed by atoms with Gasteiger partial charge in [0.25, 0.3) is 17.5 Å². The Balaban J connectivity index is 1.32. The predicted octanol–water partition coefficient (Wildman–Crippen LogP) is 3.67. The van der Waals surface area contributed by atoms with E-state index in [9.17, 15) is 29.3 Å². The Bertz CT molecular complexity index is 1530. The average molecular weight is 515 g/mol. The van der Waals surface area contributed by atoms with Crippen molar-refractivity contribution < 1.29 is 33.6 Å². The van der Waals surface area contributed by atoms with Gasteiger partial charge in [-0.2, -0.15) is 0 Å². The lowest BCUT2D eigenvalue weighted by molar-refractivity contribution is -0.385. The smallest absolute Gasteiger partial charge is 0.316 e. The number of hydrogen-bond donors (Lipinski definition) is 0. The Morgan fingerprint density at radius 2 is 1.76 bits per heavy atom. The molecule has 0 saturated carbocycles. The Labute approximate surface area is 216 Å². The van der Waals surface area contributed by atoms with E-state index in [4.69, 9.17) is 9.47 Å². The summed E-state index contributed by atoms with van der Waals surface area (Å²) in [5.74, 6) is -2.21. The monoisotopic (exact) mass is 515 g/mol. The summed E-state index contributed by atoms with van der Waals surface area (Å²) >= 11 is 0. The number of benzene rings is 3. The number of esters is 1. The maximum Gasteiger partial charge on any atom is 0.316 e. The number of nitro groups is 1. The van der Waals surface area contributed by atoms with Gasteiger partial charge in [-0.1, -0.05) is 12.1 Å². The lowest BCUT2D eigenvalue weighted by Crippen LogP contribution is -2.30. The van der Waals surface area contributed by atoms with Gasteiger partial charge in [0.05, 0.1) is 29.2 Å². The maximum atomic E-state index is 13.0. The van der Waals surface area contributed by atoms with Crippen LogP contribution in [0.15, 0.2) is 60.7 Å². The molecule has 0 aromatic heterocycles. The average Bonchev–Trinajstić information content (AvgIpc) is 3.41. The van der Waals surface area contributed by atoms with Crippen LogP contribution in [0.3, 0.4) is 0 Å². The van der Waals surface area contributed by atoms with Gasteiger partial charge in [0.1, 0.15) is 17.1 Å². The van der Waals surface area contributed by atoms with Gasteiger partial charge in [-0.25, -0.2) is 4.90 Å². The first-order valence-electron chi connectivity index (χ1n) is 11.6. The molecule has 1 fully saturated rings. The molecule has 11 heteroatoms. The van der Waals surface area contributed by atoms with Crippen molar-refractivity contribution in [3.63, 3.8) is 0 Å². The largest absolute Gasteiger partial charge is 0.497 e. The molecule has 2 heterocycles. The molecule has 3 aromatic carbocycles. The number of hydrogen-bond acceptors (Lipinski definition) is 8. The first-order chi connectivity index (χ1) is 18.2. The zero-order valence-corrected chi connectivity index (χ0v) is 20.4. The quantitative estimate of drug-likeness (QED) is 0.159. The number of nitro benzene ring substituents is 1. The van der Waals surface area contributed by atoms with Gasteiger partial charge < -0.3 is 14.4 Å². The summed E-state index contributed by atoms with van der Waals surface area (Å²) in [6.45, 7) is 1.77. The van der Waals surface area contributed by atoms with Gasteiger partial charge in [-0.15, -0.1) is 0 Å². The second-order valence-electron chi connectivity index (χ2n) is 8.88. The number of imide groups is 1. The van der Waals surface area contributed by atoms with Gasteiger partial charge in [0.2, 0.25) is 5.91 Å². The normalized spacial score (nSPS) is 16.6. The molecule has 0 spiro atoms. The van der Waals surface area contributed by atoms with Crippen LogP contribution in [0.1, 0.15) is 32.7 Å². The number of carbonyl (C=O) groups is 4. The molecule has 2 aliphatic heterocycles. The summed E-state index contributed by atoms with van der Waals surface area (Å²) in [6, 6.07) is 15.2. The number of carbonyl (C=O) groups excluding carboxylic acids is 4. The first kappa shape index (κ1) is 24.6. The molecular weight excluding hydrogens is 494 g/mol. The highest BCUT2D eigenvalue weighted by Gasteiger charge is 2.42. The number of rotatable bonds is 6. The highest BCUT2D eigenvalue weighted by atomic mass is 16.6. The molecule has 0 N–H and O–H groups in total. The topological polar surface area (TPSA) is 136 Å². The van der Waals surface area contributed by atoms with Crippen molar-refractivity contribution in [2.75, 3.05) is 23.5 Å². The minimum absolute atomic E-state index is 0.0130. The van der Waals surface area contributed by atoms with Crippen molar-refractivity contribution in [1.82, 2.24) is 0 Å². The van der Waals surface area contributed by atoms with E-state index in [2.05, 4.69) is 0 Å². The van der Waals surface area contributed by atoms with E-state index < -0.39 is 34.3 Å². The van der Waals surface area contributed by atoms with Crippen LogP contribution in [-0.4, -0.2) is 42.3 Å². The molecule has 0 unspecified atom stereocenters. The Morgan fingerprint density at radius 1 is 1.00 bits per heavy atom. The Kier molecular flexibility index (Phi) is 6.11. The predicted molar refractivity (Wildman–Crippen MR) is 135 cm³/mol. The highest BCUT2D eigenvalue weighted by molar-refractivity contribution is 6.35. The molecule has 192 valence electrons. The Morgan fingerprint density at radius 3 is 2.47 bits per heavy atom. The summed E-state index contributed by atoms with van der Waals surface area (Å²) in [6.07, 6.45) is -0.0130. The van der Waals surface area contributed by atoms with E-state index in [0.29, 0.717) is 17.0 Å². The maximum absolute atomic E-state index is 13.0. The number of nitrogens with zero attached hydrogens (tertiary/aromatic N) is 3. The highest BCUT2D eigenvalue weighted by Crippen LogP contribution is 2.36. The van der Waals surface area contributed by atoms with Crippen LogP contribution in [0.2, 0.25) is 0 Å². The molecule has 3 aromatic rings. The summed E-state index contributed by atoms with van der Waals surface area (Å²) in [5, 5.41) is 11.4. The van der Waals surface area contributed by atoms with Crippen LogP contribution in [0.25, 0.3) is 0 Å². The minimum Gasteiger partial charge on any atom is -0.497 e. The zero-order valence-electron chi connectivity index (χ0n) is 20.4. The van der Waals surface area contributed by atoms with Crippen molar-refractivity contribution in [2.45, 2.75) is 13.3 Å². The summed E-state index contributed by atoms with van der Waals surface area (Å²) in [5.41, 5.74) is 0.514. The van der Waals surface area contributed by atoms with E-state index in [0.717, 1.165) is 4.90 Å². The molecule has 1 atom stereocenters. The number of anilines is 2. The molecular formula is C27H21N3O8. The van der Waals surface area contributed by atoms with Crippen molar-refractivity contribution in [2.24, 2.45) is 5.92 Å². The second-order valence-corrected chi connectivity index (χ2v) is 8.88. The van der Waals surface area contributed by atoms with Crippen LogP contribution in [0, 0.1) is 23.0 Å². The molecule has 11 nitrogen and oxygen atoms in total. The fourth-order valence-corrected chi connectivity index (χ4v) is 4.67. The first-order valence-corrected chi connectivity index (χ1v) is 11.6. The third-order valence-electron chi connectivity index (χ3n) is 6.54. The molecule has 38 heavy (non-hydrogen) atoms. The van der Waals surface area contributed by atoms with Crippen LogP contribution >= 0.6 is 0 Å². The van der Waals surface area contributed by atoms with Gasteiger partial charge in [0.15, 0.2) is 0 Å². The lowest BCUT2D eigenvalue weighted by Gasteiger charge is -2.18. The SMILES string of the molecule is COc1cccc(N2C[C@@H](C(=O)Oc3ccc(N4C(=O)c5cccc([N+](=O)[O-])c5C4=O)c(C)c3)CC2=O)c1. The van der Waals surface area contributed by atoms with Crippen molar-refractivity contribution >= 4 is 40.8 Å². The van der Waals surface area contributed by atoms with E-state index in [1.54, 1.807) is 31.2 Å². The molecule has 0 bridgehead atoms. The lowest BCUT2D eigenvalue weighted by atomic mass is 10.1. The molecule has 2 aliphatic rings. The molecule has 1 saturated heterocycles. The fraction of sp³-hybridized carbons (Fsp3) is 0.185. The van der Waals surface area contributed by atoms with Crippen LogP contribution in [-0.2, 0) is 9.59 Å². The van der Waals surface area contributed by atoms with Gasteiger partial charge in [-0.3, -0.25) is 29.3 Å². The number of ether oxygens (including phenoxy) is 2. The van der Waals surface area contributed by atoms with Crippen LogP contribution in [0.4, 0.5) is 17.1 Å². The standard InChI is InChI=1S/C27H21N3O8/c1-15-11-19(38-27(34)16-12-23(31)28(14-16)17-5-3-6-18(13-17)37-2)9-10-21(15)29-25(32)20-7-4-8-22(30(35)36)24(20)26(29)33/h3-11,13,16H,12,14H2,1-2H3/t16-/m0/s1. The van der Waals surface area contributed by atoms with E-state index in [1.165, 1.54) is 48.4 Å². The summed E-state index contributed by atoms with van der Waals surface area (Å²) in [4.78, 5) is 64.4. The minimum atomic E-state index is -0.799. The number of methoxy groups -OCH3 is 1. The molecule has 0 aliphatic carbocycles. The fourth-order valence-electron chi connectivity index (χ4n) is 4.67. The van der Waals surface area contributed by atoms with Gasteiger partial charge in [-0.05, 0) is 48.9 Å². The number of aryl methyl sites for hydroxylation is 1. The number of fused-ring (bicyclic) bond motifs is 1. The number of amides is 3. The van der Waals surface area contributed by atoms with Crippen LogP contribution < -0.4 is 19.3 Å².